The Labute approximate surface area is 210 Å². The number of fused-ring (bicyclic) bond motifs is 1. The van der Waals surface area contributed by atoms with Crippen LogP contribution in [0, 0.1) is 30.9 Å². The molecule has 3 aromatic rings. The van der Waals surface area contributed by atoms with Gasteiger partial charge in [-0.25, -0.2) is 0 Å². The first-order valence-electron chi connectivity index (χ1n) is 11.7. The average Bonchev–Trinajstić information content (AvgIpc) is 2.85. The van der Waals surface area contributed by atoms with E-state index in [0.717, 1.165) is 28.0 Å². The molecule has 36 heavy (non-hydrogen) atoms. The highest BCUT2D eigenvalue weighted by Crippen LogP contribution is 2.39. The maximum absolute atomic E-state index is 13.8. The molecule has 1 aliphatic rings. The van der Waals surface area contributed by atoms with Crippen LogP contribution in [0.15, 0.2) is 48.5 Å². The highest BCUT2D eigenvalue weighted by molar-refractivity contribution is 5.97. The number of carbonyl (C=O) groups is 1. The van der Waals surface area contributed by atoms with E-state index in [1.54, 1.807) is 38.2 Å². The van der Waals surface area contributed by atoms with Crippen LogP contribution in [0.25, 0.3) is 0 Å². The van der Waals surface area contributed by atoms with Gasteiger partial charge in [-0.15, -0.1) is 0 Å². The van der Waals surface area contributed by atoms with Gasteiger partial charge in [-0.05, 0) is 79.8 Å². The number of nitro groups is 1. The minimum atomic E-state index is -0.463. The van der Waals surface area contributed by atoms with E-state index in [0.29, 0.717) is 35.6 Å². The first-order chi connectivity index (χ1) is 17.2. The Kier molecular flexibility index (Phi) is 7.15. The summed E-state index contributed by atoms with van der Waals surface area (Å²) in [5, 5.41) is 11.5. The number of carbonyl (C=O) groups excluding carboxylic acids is 1. The first kappa shape index (κ1) is 25.0. The fraction of sp³-hybridized carbons (Fsp3) is 0.321. The van der Waals surface area contributed by atoms with Crippen LogP contribution < -0.4 is 14.2 Å². The summed E-state index contributed by atoms with van der Waals surface area (Å²) in [7, 11) is 3.16. The number of methoxy groups -OCH3 is 2. The molecule has 188 valence electrons. The standard InChI is InChI=1S/C28H30N2O6/c1-17-11-18(2)13-21(12-17)36-16-25-23-15-27(35-5)26(34-4)14-20(23)9-10-29(25)28(31)22-7-6-8-24(19(22)3)30(32)33/h6-8,11-15,25H,9-10,16H2,1-5H3. The van der Waals surface area contributed by atoms with E-state index in [9.17, 15) is 14.9 Å². The summed E-state index contributed by atoms with van der Waals surface area (Å²) in [6.07, 6.45) is 0.607. The van der Waals surface area contributed by atoms with Crippen molar-refractivity contribution >= 4 is 11.6 Å². The SMILES string of the molecule is COc1cc2c(cc1OC)C(COc1cc(C)cc(C)c1)N(C(=O)c1cccc([N+](=O)[O-])c1C)CC2. The third-order valence-corrected chi connectivity index (χ3v) is 6.60. The Morgan fingerprint density at radius 3 is 2.33 bits per heavy atom. The second kappa shape index (κ2) is 10.3. The van der Waals surface area contributed by atoms with Crippen molar-refractivity contribution in [2.24, 2.45) is 0 Å². The van der Waals surface area contributed by atoms with Crippen molar-refractivity contribution in [3.63, 3.8) is 0 Å². The van der Waals surface area contributed by atoms with Crippen LogP contribution in [-0.4, -0.2) is 43.1 Å². The smallest absolute Gasteiger partial charge is 0.273 e. The third-order valence-electron chi connectivity index (χ3n) is 6.60. The zero-order valence-corrected chi connectivity index (χ0v) is 21.2. The first-order valence-corrected chi connectivity index (χ1v) is 11.7. The molecule has 8 nitrogen and oxygen atoms in total. The molecular weight excluding hydrogens is 460 g/mol. The Balaban J connectivity index is 1.76. The third kappa shape index (κ3) is 4.84. The summed E-state index contributed by atoms with van der Waals surface area (Å²) >= 11 is 0. The molecule has 0 N–H and O–H groups in total. The van der Waals surface area contributed by atoms with E-state index in [-0.39, 0.29) is 18.2 Å². The van der Waals surface area contributed by atoms with Crippen molar-refractivity contribution in [3.8, 4) is 17.2 Å². The van der Waals surface area contributed by atoms with Crippen molar-refractivity contribution in [2.45, 2.75) is 33.2 Å². The molecule has 8 heteroatoms. The summed E-state index contributed by atoms with van der Waals surface area (Å²) in [6.45, 7) is 6.27. The largest absolute Gasteiger partial charge is 0.493 e. The number of nitro benzene ring substituents is 1. The van der Waals surface area contributed by atoms with E-state index in [1.807, 2.05) is 38.1 Å². The van der Waals surface area contributed by atoms with E-state index < -0.39 is 11.0 Å². The Bertz CT molecular complexity index is 1300. The molecule has 1 amide bonds. The lowest BCUT2D eigenvalue weighted by atomic mass is 9.91. The molecule has 1 aliphatic heterocycles. The van der Waals surface area contributed by atoms with E-state index in [2.05, 4.69) is 6.07 Å². The molecule has 0 bridgehead atoms. The minimum absolute atomic E-state index is 0.0762. The average molecular weight is 491 g/mol. The van der Waals surface area contributed by atoms with Crippen LogP contribution >= 0.6 is 0 Å². The minimum Gasteiger partial charge on any atom is -0.493 e. The number of hydrogen-bond acceptors (Lipinski definition) is 6. The van der Waals surface area contributed by atoms with E-state index in [1.165, 1.54) is 6.07 Å². The monoisotopic (exact) mass is 490 g/mol. The van der Waals surface area contributed by atoms with E-state index in [4.69, 9.17) is 14.2 Å². The molecule has 0 aliphatic carbocycles. The normalized spacial score (nSPS) is 14.7. The van der Waals surface area contributed by atoms with Gasteiger partial charge < -0.3 is 19.1 Å². The van der Waals surface area contributed by atoms with Crippen molar-refractivity contribution in [1.82, 2.24) is 4.90 Å². The molecule has 1 heterocycles. The van der Waals surface area contributed by atoms with Gasteiger partial charge in [-0.1, -0.05) is 12.1 Å². The fourth-order valence-electron chi connectivity index (χ4n) is 4.85. The summed E-state index contributed by atoms with van der Waals surface area (Å²) in [4.78, 5) is 26.6. The number of benzene rings is 3. The molecule has 1 unspecified atom stereocenters. The molecule has 0 saturated heterocycles. The number of nitrogens with zero attached hydrogens (tertiary/aromatic N) is 2. The molecule has 3 aromatic carbocycles. The van der Waals surface area contributed by atoms with Crippen LogP contribution in [-0.2, 0) is 6.42 Å². The molecular formula is C28H30N2O6. The fourth-order valence-corrected chi connectivity index (χ4v) is 4.85. The van der Waals surface area contributed by atoms with Crippen LogP contribution in [0.4, 0.5) is 5.69 Å². The van der Waals surface area contributed by atoms with Gasteiger partial charge in [0.25, 0.3) is 11.6 Å². The zero-order chi connectivity index (χ0) is 26.0. The van der Waals surface area contributed by atoms with Gasteiger partial charge in [-0.3, -0.25) is 14.9 Å². The van der Waals surface area contributed by atoms with Crippen molar-refractivity contribution in [2.75, 3.05) is 27.4 Å². The number of aryl methyl sites for hydroxylation is 2. The number of rotatable bonds is 7. The maximum atomic E-state index is 13.8. The van der Waals surface area contributed by atoms with Gasteiger partial charge in [0.05, 0.1) is 25.2 Å². The van der Waals surface area contributed by atoms with Crippen LogP contribution in [0.2, 0.25) is 0 Å². The Morgan fingerprint density at radius 1 is 1.03 bits per heavy atom. The lowest BCUT2D eigenvalue weighted by molar-refractivity contribution is -0.385. The van der Waals surface area contributed by atoms with Crippen molar-refractivity contribution in [3.05, 3.63) is 92.0 Å². The molecule has 0 aromatic heterocycles. The highest BCUT2D eigenvalue weighted by Gasteiger charge is 2.34. The predicted octanol–water partition coefficient (Wildman–Crippen LogP) is 5.36. The second-order valence-electron chi connectivity index (χ2n) is 9.01. The van der Waals surface area contributed by atoms with Crippen LogP contribution in [0.3, 0.4) is 0 Å². The second-order valence-corrected chi connectivity index (χ2v) is 9.01. The molecule has 0 spiro atoms. The van der Waals surface area contributed by atoms with E-state index >= 15 is 0 Å². The predicted molar refractivity (Wildman–Crippen MR) is 136 cm³/mol. The van der Waals surface area contributed by atoms with Crippen molar-refractivity contribution in [1.29, 1.82) is 0 Å². The number of hydrogen-bond donors (Lipinski definition) is 0. The lowest BCUT2D eigenvalue weighted by Crippen LogP contribution is -2.42. The molecule has 4 rings (SSSR count). The molecule has 0 radical (unpaired) electrons. The number of amides is 1. The lowest BCUT2D eigenvalue weighted by Gasteiger charge is -2.38. The highest BCUT2D eigenvalue weighted by atomic mass is 16.6. The Morgan fingerprint density at radius 2 is 1.69 bits per heavy atom. The van der Waals surface area contributed by atoms with Crippen molar-refractivity contribution < 1.29 is 23.9 Å². The van der Waals surface area contributed by atoms with Gasteiger partial charge in [0.1, 0.15) is 12.4 Å². The molecule has 1 atom stereocenters. The topological polar surface area (TPSA) is 91.1 Å². The Hall–Kier alpha value is -4.07. The summed E-state index contributed by atoms with van der Waals surface area (Å²) in [6, 6.07) is 14.0. The summed E-state index contributed by atoms with van der Waals surface area (Å²) in [5.41, 5.74) is 4.69. The van der Waals surface area contributed by atoms with Gasteiger partial charge in [-0.2, -0.15) is 0 Å². The van der Waals surface area contributed by atoms with Crippen LogP contribution in [0.5, 0.6) is 17.2 Å². The van der Waals surface area contributed by atoms with Gasteiger partial charge in [0.2, 0.25) is 0 Å². The summed E-state index contributed by atoms with van der Waals surface area (Å²) in [5.74, 6) is 1.64. The van der Waals surface area contributed by atoms with Gasteiger partial charge in [0, 0.05) is 23.7 Å². The molecule has 0 fully saturated rings. The van der Waals surface area contributed by atoms with Gasteiger partial charge in [0.15, 0.2) is 11.5 Å². The number of ether oxygens (including phenoxy) is 3. The van der Waals surface area contributed by atoms with Gasteiger partial charge >= 0.3 is 0 Å². The quantitative estimate of drug-likeness (QED) is 0.327. The van der Waals surface area contributed by atoms with Crippen LogP contribution in [0.1, 0.15) is 44.2 Å². The zero-order valence-electron chi connectivity index (χ0n) is 21.2. The summed E-state index contributed by atoms with van der Waals surface area (Å²) < 4.78 is 17.3. The maximum Gasteiger partial charge on any atom is 0.273 e. The molecule has 0 saturated carbocycles.